The molecule has 1 aliphatic carbocycles. The van der Waals surface area contributed by atoms with E-state index in [1.807, 2.05) is 0 Å². The van der Waals surface area contributed by atoms with Crippen LogP contribution in [-0.2, 0) is 4.43 Å². The van der Waals surface area contributed by atoms with Gasteiger partial charge in [0.05, 0.1) is 12.7 Å². The molecule has 0 aliphatic heterocycles. The third-order valence-corrected chi connectivity index (χ3v) is 9.75. The average Bonchev–Trinajstić information content (AvgIpc) is 2.35. The van der Waals surface area contributed by atoms with E-state index in [0.29, 0.717) is 12.5 Å². The minimum absolute atomic E-state index is 0.136. The number of aliphatic hydroxyl groups is 1. The lowest BCUT2D eigenvalue weighted by Gasteiger charge is -2.37. The highest BCUT2D eigenvalue weighted by Crippen LogP contribution is 2.36. The van der Waals surface area contributed by atoms with Crippen LogP contribution in [0.1, 0.15) is 59.3 Å². The zero-order valence-corrected chi connectivity index (χ0v) is 15.1. The third kappa shape index (κ3) is 5.47. The summed E-state index contributed by atoms with van der Waals surface area (Å²) in [6.07, 6.45) is 7.01. The molecule has 4 heteroatoms. The Kier molecular flexibility index (Phi) is 6.70. The van der Waals surface area contributed by atoms with Gasteiger partial charge < -0.3 is 15.3 Å². The second-order valence-corrected chi connectivity index (χ2v) is 12.9. The molecule has 3 N–H and O–H groups in total. The van der Waals surface area contributed by atoms with Gasteiger partial charge in [-0.15, -0.1) is 0 Å². The summed E-state index contributed by atoms with van der Waals surface area (Å²) in [6.45, 7) is 11.5. The van der Waals surface area contributed by atoms with E-state index in [9.17, 15) is 5.11 Å². The van der Waals surface area contributed by atoms with Crippen molar-refractivity contribution in [3.63, 3.8) is 0 Å². The maximum absolute atomic E-state index is 10.2. The van der Waals surface area contributed by atoms with Gasteiger partial charge in [-0.1, -0.05) is 52.9 Å². The Balaban J connectivity index is 2.36. The van der Waals surface area contributed by atoms with Crippen LogP contribution in [0.5, 0.6) is 0 Å². The van der Waals surface area contributed by atoms with Gasteiger partial charge in [0.25, 0.3) is 0 Å². The normalized spacial score (nSPS) is 21.8. The van der Waals surface area contributed by atoms with Crippen LogP contribution in [-0.4, -0.2) is 32.2 Å². The standard InChI is InChI=1S/C16H35NO2Si/c1-16(2,3)20(4,5)19-12-15(18)14(17)11-13-9-7-6-8-10-13/h13-15,18H,6-12,17H2,1-5H3/t14-,15-/m0/s1. The smallest absolute Gasteiger partial charge is 0.192 e. The molecule has 0 spiro atoms. The minimum atomic E-state index is -1.78. The van der Waals surface area contributed by atoms with Crippen LogP contribution in [0, 0.1) is 5.92 Å². The van der Waals surface area contributed by atoms with Gasteiger partial charge in [-0.2, -0.15) is 0 Å². The summed E-state index contributed by atoms with van der Waals surface area (Å²) in [4.78, 5) is 0. The summed E-state index contributed by atoms with van der Waals surface area (Å²) in [5.41, 5.74) is 6.17. The van der Waals surface area contributed by atoms with Gasteiger partial charge in [0.2, 0.25) is 0 Å². The van der Waals surface area contributed by atoms with Gasteiger partial charge in [-0.05, 0) is 30.5 Å². The van der Waals surface area contributed by atoms with Gasteiger partial charge in [-0.3, -0.25) is 0 Å². The zero-order chi connectivity index (χ0) is 15.4. The van der Waals surface area contributed by atoms with Gasteiger partial charge in [0.1, 0.15) is 0 Å². The van der Waals surface area contributed by atoms with E-state index in [1.165, 1.54) is 32.1 Å². The SMILES string of the molecule is CC(C)(C)[Si](C)(C)OC[C@H](O)[C@@H](N)CC1CCCCC1. The third-order valence-electron chi connectivity index (χ3n) is 5.25. The molecule has 120 valence electrons. The first kappa shape index (κ1) is 18.1. The molecule has 3 nitrogen and oxygen atoms in total. The Morgan fingerprint density at radius 3 is 2.25 bits per heavy atom. The van der Waals surface area contributed by atoms with Crippen molar-refractivity contribution in [2.24, 2.45) is 11.7 Å². The number of hydrogen-bond acceptors (Lipinski definition) is 3. The van der Waals surface area contributed by atoms with E-state index < -0.39 is 14.4 Å². The maximum Gasteiger partial charge on any atom is 0.192 e. The summed E-state index contributed by atoms with van der Waals surface area (Å²) in [5, 5.41) is 10.4. The van der Waals surface area contributed by atoms with E-state index >= 15 is 0 Å². The summed E-state index contributed by atoms with van der Waals surface area (Å²) in [6, 6.07) is -0.136. The number of hydrogen-bond donors (Lipinski definition) is 2. The molecule has 2 atom stereocenters. The first-order valence-corrected chi connectivity index (χ1v) is 11.1. The predicted molar refractivity (Wildman–Crippen MR) is 88.3 cm³/mol. The highest BCUT2D eigenvalue weighted by molar-refractivity contribution is 6.74. The van der Waals surface area contributed by atoms with Crippen molar-refractivity contribution < 1.29 is 9.53 Å². The molecule has 20 heavy (non-hydrogen) atoms. The van der Waals surface area contributed by atoms with E-state index in [2.05, 4.69) is 33.9 Å². The van der Waals surface area contributed by atoms with Crippen molar-refractivity contribution in [3.8, 4) is 0 Å². The monoisotopic (exact) mass is 301 g/mol. The van der Waals surface area contributed by atoms with Crippen molar-refractivity contribution in [1.82, 2.24) is 0 Å². The predicted octanol–water partition coefficient (Wildman–Crippen LogP) is 3.67. The molecule has 0 heterocycles. The van der Waals surface area contributed by atoms with Gasteiger partial charge >= 0.3 is 0 Å². The Bertz CT molecular complexity index is 283. The minimum Gasteiger partial charge on any atom is -0.414 e. The van der Waals surface area contributed by atoms with Crippen LogP contribution >= 0.6 is 0 Å². The van der Waals surface area contributed by atoms with E-state index in [1.54, 1.807) is 0 Å². The van der Waals surface area contributed by atoms with Crippen LogP contribution in [0.4, 0.5) is 0 Å². The molecule has 0 amide bonds. The van der Waals surface area contributed by atoms with E-state index in [4.69, 9.17) is 10.2 Å². The second kappa shape index (κ2) is 7.39. The molecule has 0 unspecified atom stereocenters. The van der Waals surface area contributed by atoms with Crippen LogP contribution in [0.15, 0.2) is 0 Å². The highest BCUT2D eigenvalue weighted by atomic mass is 28.4. The maximum atomic E-state index is 10.2. The quantitative estimate of drug-likeness (QED) is 0.736. The Hall–Kier alpha value is 0.0969. The lowest BCUT2D eigenvalue weighted by atomic mass is 9.84. The molecule has 0 bridgehead atoms. The van der Waals surface area contributed by atoms with E-state index in [0.717, 1.165) is 6.42 Å². The fourth-order valence-corrected chi connectivity index (χ4v) is 3.62. The van der Waals surface area contributed by atoms with Crippen LogP contribution in [0.2, 0.25) is 18.1 Å². The molecule has 1 rings (SSSR count). The Morgan fingerprint density at radius 2 is 1.75 bits per heavy atom. The fourth-order valence-electron chi connectivity index (χ4n) is 2.60. The first-order chi connectivity index (χ1) is 9.13. The number of aliphatic hydroxyl groups excluding tert-OH is 1. The molecular weight excluding hydrogens is 266 g/mol. The van der Waals surface area contributed by atoms with Crippen LogP contribution in [0.3, 0.4) is 0 Å². The molecule has 0 radical (unpaired) electrons. The molecule has 0 aromatic rings. The molecule has 0 aromatic carbocycles. The molecule has 1 aliphatic rings. The van der Waals surface area contributed by atoms with E-state index in [-0.39, 0.29) is 11.1 Å². The van der Waals surface area contributed by atoms with Crippen molar-refractivity contribution in [2.45, 2.75) is 89.6 Å². The molecule has 0 aromatic heterocycles. The molecule has 1 fully saturated rings. The first-order valence-electron chi connectivity index (χ1n) is 8.21. The summed E-state index contributed by atoms with van der Waals surface area (Å²) < 4.78 is 6.07. The summed E-state index contributed by atoms with van der Waals surface area (Å²) in [7, 11) is -1.78. The molecular formula is C16H35NO2Si. The second-order valence-electron chi connectivity index (χ2n) is 8.04. The van der Waals surface area contributed by atoms with Gasteiger partial charge in [-0.25, -0.2) is 0 Å². The average molecular weight is 302 g/mol. The lowest BCUT2D eigenvalue weighted by molar-refractivity contribution is 0.0689. The van der Waals surface area contributed by atoms with Gasteiger partial charge in [0.15, 0.2) is 8.32 Å². The summed E-state index contributed by atoms with van der Waals surface area (Å²) >= 11 is 0. The summed E-state index contributed by atoms with van der Waals surface area (Å²) in [5.74, 6) is 0.710. The molecule has 1 saturated carbocycles. The zero-order valence-electron chi connectivity index (χ0n) is 14.1. The topological polar surface area (TPSA) is 55.5 Å². The highest BCUT2D eigenvalue weighted by Gasteiger charge is 2.38. The van der Waals surface area contributed by atoms with Crippen molar-refractivity contribution in [2.75, 3.05) is 6.61 Å². The largest absolute Gasteiger partial charge is 0.414 e. The molecule has 0 saturated heterocycles. The van der Waals surface area contributed by atoms with Crippen LogP contribution in [0.25, 0.3) is 0 Å². The van der Waals surface area contributed by atoms with Gasteiger partial charge in [0, 0.05) is 6.04 Å². The Morgan fingerprint density at radius 1 is 1.20 bits per heavy atom. The van der Waals surface area contributed by atoms with Crippen LogP contribution < -0.4 is 5.73 Å². The Labute approximate surface area is 126 Å². The van der Waals surface area contributed by atoms with Crippen molar-refractivity contribution in [3.05, 3.63) is 0 Å². The number of nitrogens with two attached hydrogens (primary N) is 1. The van der Waals surface area contributed by atoms with Crippen molar-refractivity contribution in [1.29, 1.82) is 0 Å². The van der Waals surface area contributed by atoms with Crippen molar-refractivity contribution >= 4 is 8.32 Å². The lowest BCUT2D eigenvalue weighted by Crippen LogP contribution is -2.46. The fraction of sp³-hybridized carbons (Fsp3) is 1.00. The number of rotatable bonds is 6.